The second-order valence-corrected chi connectivity index (χ2v) is 3.63. The maximum Gasteiger partial charge on any atom is 2.00 e. The first-order valence-corrected chi connectivity index (χ1v) is 6.49. The summed E-state index contributed by atoms with van der Waals surface area (Å²) in [6, 6.07) is 0. The molecule has 0 unspecified atom stereocenters. The molecule has 0 aliphatic carbocycles. The molecule has 0 aromatic rings. The number of hydrogen-bond donors (Lipinski definition) is 7. The summed E-state index contributed by atoms with van der Waals surface area (Å²) < 4.78 is 0. The molecule has 0 aromatic heterocycles. The van der Waals surface area contributed by atoms with Gasteiger partial charge in [0.1, 0.15) is 0 Å². The van der Waals surface area contributed by atoms with Crippen molar-refractivity contribution in [2.45, 2.75) is 48.5 Å². The van der Waals surface area contributed by atoms with E-state index >= 15 is 0 Å². The van der Waals surface area contributed by atoms with Crippen molar-refractivity contribution in [1.82, 2.24) is 0 Å². The van der Waals surface area contributed by atoms with Crippen LogP contribution in [0.25, 0.3) is 0 Å². The van der Waals surface area contributed by atoms with Crippen LogP contribution < -0.4 is 0 Å². The zero-order chi connectivity index (χ0) is 25.0. The summed E-state index contributed by atoms with van der Waals surface area (Å²) in [4.78, 5) is 63.0. The van der Waals surface area contributed by atoms with E-state index < -0.39 is 41.8 Å². The third-order valence-electron chi connectivity index (χ3n) is 0. The Bertz CT molecular complexity index is 324. The zero-order valence-corrected chi connectivity index (χ0v) is 18.6. The van der Waals surface area contributed by atoms with Crippen LogP contribution in [0.5, 0.6) is 0 Å². The first-order valence-electron chi connectivity index (χ1n) is 6.49. The van der Waals surface area contributed by atoms with Crippen LogP contribution in [-0.2, 0) is 33.6 Å². The van der Waals surface area contributed by atoms with Crippen molar-refractivity contribution in [3.05, 3.63) is 0 Å². The van der Waals surface area contributed by atoms with Gasteiger partial charge in [-0.15, -0.1) is 0 Å². The van der Waals surface area contributed by atoms with E-state index in [1.165, 1.54) is 0 Å². The molecule has 15 heteroatoms. The van der Waals surface area contributed by atoms with Crippen molar-refractivity contribution in [3.8, 4) is 0 Å². The van der Waals surface area contributed by atoms with Crippen LogP contribution in [0.4, 0.5) is 0 Å². The number of hydrogen-bond acceptors (Lipinski definition) is 7. The summed E-state index contributed by atoms with van der Waals surface area (Å²) >= 11 is 0. The first kappa shape index (κ1) is 50.2. The summed E-state index contributed by atoms with van der Waals surface area (Å²) in [6.07, 6.45) is 0. The van der Waals surface area contributed by atoms with E-state index in [1.807, 2.05) is 0 Å². The molecule has 14 nitrogen and oxygen atoms in total. The molecule has 0 spiro atoms. The van der Waals surface area contributed by atoms with Gasteiger partial charge in [-0.05, 0) is 0 Å². The molecule has 0 aliphatic heterocycles. The van der Waals surface area contributed by atoms with Crippen LogP contribution in [0.1, 0.15) is 51.3 Å². The Labute approximate surface area is 185 Å². The van der Waals surface area contributed by atoms with Crippen LogP contribution >= 0.6 is 0 Å². The third kappa shape index (κ3) is 1540. The largest absolute Gasteiger partial charge is 2.00 e. The zero-order valence-electron chi connectivity index (χ0n) is 19.2. The Hall–Kier alpha value is -2.94. The molecule has 0 saturated carbocycles. The Balaban J connectivity index is -0.0000000204. The van der Waals surface area contributed by atoms with Crippen LogP contribution in [0, 0.1) is 0 Å². The molecule has 0 fully saturated rings. The van der Waals surface area contributed by atoms with E-state index in [-0.39, 0.29) is 25.9 Å². The Kier molecular flexibility index (Phi) is 76.9. The molecule has 0 radical (unpaired) electrons. The fourth-order valence-electron chi connectivity index (χ4n) is 0. The molecular weight excluding hydrogens is 416 g/mol. The molecule has 0 amide bonds. The Morgan fingerprint density at radius 2 is 0.345 bits per heavy atom. The number of carboxylic acid groups (broad SMARTS) is 7. The van der Waals surface area contributed by atoms with Crippen LogP contribution in [0.15, 0.2) is 0 Å². The van der Waals surface area contributed by atoms with Gasteiger partial charge in [0.05, 0.1) is 0 Å². The normalized spacial score (nSPS) is 6.03. The number of aliphatic carboxylic acids is 7. The molecule has 0 heterocycles. The second-order valence-electron chi connectivity index (χ2n) is 3.63. The van der Waals surface area contributed by atoms with E-state index in [0.29, 0.717) is 0 Å². The van der Waals surface area contributed by atoms with E-state index in [0.717, 1.165) is 48.5 Å². The van der Waals surface area contributed by atoms with Gasteiger partial charge in [0.15, 0.2) is 0 Å². The molecule has 29 heavy (non-hydrogen) atoms. The smallest absolute Gasteiger partial charge is 1.00 e. The summed E-state index contributed by atoms with van der Waals surface area (Å²) in [7, 11) is 0. The molecule has 0 rings (SSSR count). The fraction of sp³-hybridized carbons (Fsp3) is 0.500. The summed E-state index contributed by atoms with van der Waals surface area (Å²) in [5.74, 6) is -5.83. The van der Waals surface area contributed by atoms with Crippen molar-refractivity contribution in [2.75, 3.05) is 0 Å². The number of carbonyl (C=O) groups is 7. The fourth-order valence-corrected chi connectivity index (χ4v) is 0. The maximum atomic E-state index is 9.00. The molecule has 0 aromatic carbocycles. The third-order valence-corrected chi connectivity index (χ3v) is 0. The molecule has 0 saturated heterocycles. The van der Waals surface area contributed by atoms with Gasteiger partial charge in [0, 0.05) is 48.5 Å². The second kappa shape index (κ2) is 44.5. The molecule has 0 atom stereocenters. The van der Waals surface area contributed by atoms with Gasteiger partial charge >= 0.3 is 23.1 Å². The average Bonchev–Trinajstić information content (AvgIpc) is 2.20. The Morgan fingerprint density at radius 1 is 0.345 bits per heavy atom. The van der Waals surface area contributed by atoms with E-state index in [9.17, 15) is 0 Å². The Morgan fingerprint density at radius 3 is 0.345 bits per heavy atom. The van der Waals surface area contributed by atoms with Gasteiger partial charge in [0.2, 0.25) is 0 Å². The molecule has 0 aliphatic rings. The molecule has 0 bridgehead atoms. The molecule has 7 N–H and O–H groups in total. The van der Waals surface area contributed by atoms with Gasteiger partial charge in [0.25, 0.3) is 41.8 Å². The van der Waals surface area contributed by atoms with Gasteiger partial charge in [-0.1, -0.05) is 0 Å². The summed E-state index contributed by atoms with van der Waals surface area (Å²) in [5, 5.41) is 51.9. The molecule has 172 valence electrons. The van der Waals surface area contributed by atoms with Crippen LogP contribution in [0.2, 0.25) is 0 Å². The van der Waals surface area contributed by atoms with Gasteiger partial charge in [-0.25, -0.2) is 0 Å². The van der Waals surface area contributed by atoms with E-state index in [4.69, 9.17) is 69.3 Å². The van der Waals surface area contributed by atoms with Crippen molar-refractivity contribution in [2.24, 2.45) is 0 Å². The predicted octanol–water partition coefficient (Wildman–Crippen LogP) is 0.481. The quantitative estimate of drug-likeness (QED) is 0.249. The van der Waals surface area contributed by atoms with Crippen LogP contribution in [0.3, 0.4) is 0 Å². The number of rotatable bonds is 0. The number of carboxylic acids is 7. The van der Waals surface area contributed by atoms with E-state index in [2.05, 4.69) is 0 Å². The monoisotopic (exact) mass is 446 g/mol. The SMILES string of the molecule is CC(=O)O.CC(=O)O.CC(=O)O.CC(=O)O.CC(=O)O.CC(=O)O.CC(=O)O.[H-].[H-].[Mg+2]. The van der Waals surface area contributed by atoms with Gasteiger partial charge in [-0.3, -0.25) is 33.6 Å². The average molecular weight is 447 g/mol. The summed E-state index contributed by atoms with van der Waals surface area (Å²) in [5.41, 5.74) is 0. The minimum Gasteiger partial charge on any atom is -1.00 e. The van der Waals surface area contributed by atoms with Crippen molar-refractivity contribution in [1.29, 1.82) is 0 Å². The maximum absolute atomic E-state index is 9.00. The summed E-state index contributed by atoms with van der Waals surface area (Å²) in [6.45, 7) is 7.58. The van der Waals surface area contributed by atoms with Crippen molar-refractivity contribution in [3.63, 3.8) is 0 Å². The molecular formula is C14H30MgO14. The van der Waals surface area contributed by atoms with Gasteiger partial charge < -0.3 is 38.6 Å². The topological polar surface area (TPSA) is 261 Å². The first-order chi connectivity index (χ1) is 12.1. The standard InChI is InChI=1S/7C2H4O2.Mg.2H/c7*1-2(3)4;;;/h7*1H3,(H,3,4);;;/q;;;;;;;+2;2*-1. The van der Waals surface area contributed by atoms with Crippen molar-refractivity contribution < 1.29 is 72.2 Å². The van der Waals surface area contributed by atoms with Crippen molar-refractivity contribution >= 4 is 64.8 Å². The van der Waals surface area contributed by atoms with E-state index in [1.54, 1.807) is 0 Å². The minimum absolute atomic E-state index is 0. The minimum atomic E-state index is -0.833. The van der Waals surface area contributed by atoms with Crippen LogP contribution in [-0.4, -0.2) is 101 Å². The predicted molar refractivity (Wildman–Crippen MR) is 101 cm³/mol. The van der Waals surface area contributed by atoms with Gasteiger partial charge in [-0.2, -0.15) is 0 Å².